The Morgan fingerprint density at radius 1 is 1.26 bits per heavy atom. The second-order valence-electron chi connectivity index (χ2n) is 3.89. The zero-order valence-electron chi connectivity index (χ0n) is 13.1. The maximum Gasteiger partial charge on any atom is 0.261 e. The van der Waals surface area contributed by atoms with Gasteiger partial charge in [0.05, 0.1) is 4.91 Å². The van der Waals surface area contributed by atoms with Crippen LogP contribution in [-0.2, 0) is 13.8 Å². The first kappa shape index (κ1) is 21.1. The molecule has 1 aromatic rings. The number of carbonyl (C=O) groups is 1. The van der Waals surface area contributed by atoms with Gasteiger partial charge in [0, 0.05) is 21.9 Å². The quantitative estimate of drug-likeness (QED) is 0.482. The summed E-state index contributed by atoms with van der Waals surface area (Å²) in [5, 5.41) is 2.51. The van der Waals surface area contributed by atoms with Crippen molar-refractivity contribution in [3.05, 3.63) is 65.4 Å². The number of carbonyl (C=O) groups excluding carboxylic acids is 1. The van der Waals surface area contributed by atoms with E-state index in [0.29, 0.717) is 5.69 Å². The predicted octanol–water partition coefficient (Wildman–Crippen LogP) is 4.38. The number of rotatable bonds is 5. The molecule has 23 heavy (non-hydrogen) atoms. The highest BCUT2D eigenvalue weighted by atomic mass is 35.7. The molecule has 126 valence electrons. The third-order valence-corrected chi connectivity index (χ3v) is 3.84. The molecule has 0 aliphatic carbocycles. The van der Waals surface area contributed by atoms with Crippen LogP contribution < -0.4 is 5.32 Å². The van der Waals surface area contributed by atoms with Crippen LogP contribution in [0.3, 0.4) is 0 Å². The van der Waals surface area contributed by atoms with Crippen LogP contribution in [0.15, 0.2) is 59.6 Å². The molecule has 0 radical (unpaired) electrons. The molecule has 0 spiro atoms. The van der Waals surface area contributed by atoms with Gasteiger partial charge in [-0.05, 0) is 43.3 Å². The van der Waals surface area contributed by atoms with E-state index in [2.05, 4.69) is 11.9 Å². The standard InChI is InChI=1S/C14H13ClFNO3S.C2H6/c1-3-10(9-13(4-2)21(15,19)20)14(18)17-12-7-5-11(16)6-8-12;1-2/h3-9H,2H2,1H3,(H,17,18);1-2H3/b10-3+,13-9+;. The second kappa shape index (κ2) is 9.97. The molecule has 0 unspecified atom stereocenters. The molecule has 0 aromatic heterocycles. The lowest BCUT2D eigenvalue weighted by Gasteiger charge is -2.06. The molecule has 0 saturated heterocycles. The summed E-state index contributed by atoms with van der Waals surface area (Å²) in [5.74, 6) is -0.981. The number of allylic oxidation sites excluding steroid dienone is 2. The average Bonchev–Trinajstić information content (AvgIpc) is 2.51. The summed E-state index contributed by atoms with van der Waals surface area (Å²) in [5.41, 5.74) is 0.460. The fourth-order valence-corrected chi connectivity index (χ4v) is 2.19. The van der Waals surface area contributed by atoms with Crippen LogP contribution in [0.2, 0.25) is 0 Å². The van der Waals surface area contributed by atoms with E-state index in [1.165, 1.54) is 30.3 Å². The summed E-state index contributed by atoms with van der Waals surface area (Å²) in [7, 11) is 1.23. The van der Waals surface area contributed by atoms with E-state index in [1.54, 1.807) is 6.92 Å². The molecule has 1 N–H and O–H groups in total. The van der Waals surface area contributed by atoms with Gasteiger partial charge in [-0.15, -0.1) is 0 Å². The minimum absolute atomic E-state index is 0.0819. The third-order valence-electron chi connectivity index (χ3n) is 2.46. The molecule has 0 aliphatic heterocycles. The molecule has 1 aromatic carbocycles. The van der Waals surface area contributed by atoms with Gasteiger partial charge in [0.15, 0.2) is 0 Å². The highest BCUT2D eigenvalue weighted by Crippen LogP contribution is 2.17. The summed E-state index contributed by atoms with van der Waals surface area (Å²) in [6.07, 6.45) is 3.57. The number of nitrogens with one attached hydrogen (secondary N) is 1. The van der Waals surface area contributed by atoms with Crippen LogP contribution in [0.1, 0.15) is 20.8 Å². The van der Waals surface area contributed by atoms with Crippen molar-refractivity contribution in [3.8, 4) is 0 Å². The number of amides is 1. The Kier molecular flexibility index (Phi) is 9.14. The molecule has 0 bridgehead atoms. The Bertz CT molecular complexity index is 707. The van der Waals surface area contributed by atoms with Crippen molar-refractivity contribution in [3.63, 3.8) is 0 Å². The number of halogens is 2. The van der Waals surface area contributed by atoms with E-state index in [0.717, 1.165) is 12.2 Å². The Hall–Kier alpha value is -1.92. The molecular weight excluding hydrogens is 341 g/mol. The summed E-state index contributed by atoms with van der Waals surface area (Å²) >= 11 is 0. The maximum absolute atomic E-state index is 12.8. The Labute approximate surface area is 140 Å². The van der Waals surface area contributed by atoms with Gasteiger partial charge >= 0.3 is 0 Å². The first-order chi connectivity index (χ1) is 10.8. The number of benzene rings is 1. The minimum Gasteiger partial charge on any atom is -0.322 e. The molecule has 4 nitrogen and oxygen atoms in total. The number of anilines is 1. The Morgan fingerprint density at radius 2 is 1.78 bits per heavy atom. The van der Waals surface area contributed by atoms with Gasteiger partial charge in [-0.3, -0.25) is 4.79 Å². The predicted molar refractivity (Wildman–Crippen MR) is 93.2 cm³/mol. The van der Waals surface area contributed by atoms with Crippen LogP contribution in [0.25, 0.3) is 0 Å². The van der Waals surface area contributed by atoms with E-state index in [4.69, 9.17) is 10.7 Å². The SMILES string of the molecule is C=C/C(=C\C(=C/C)C(=O)Nc1ccc(F)cc1)S(=O)(=O)Cl.CC. The van der Waals surface area contributed by atoms with Crippen molar-refractivity contribution in [2.75, 3.05) is 5.32 Å². The average molecular weight is 360 g/mol. The highest BCUT2D eigenvalue weighted by molar-refractivity contribution is 8.17. The van der Waals surface area contributed by atoms with E-state index < -0.39 is 20.8 Å². The van der Waals surface area contributed by atoms with E-state index in [-0.39, 0.29) is 10.5 Å². The lowest BCUT2D eigenvalue weighted by atomic mass is 10.2. The van der Waals surface area contributed by atoms with Gasteiger partial charge < -0.3 is 5.32 Å². The lowest BCUT2D eigenvalue weighted by molar-refractivity contribution is -0.112. The Balaban J connectivity index is 0.00000232. The minimum atomic E-state index is -3.99. The lowest BCUT2D eigenvalue weighted by Crippen LogP contribution is -2.13. The maximum atomic E-state index is 12.8. The fraction of sp³-hybridized carbons (Fsp3) is 0.188. The van der Waals surface area contributed by atoms with E-state index >= 15 is 0 Å². The topological polar surface area (TPSA) is 63.2 Å². The van der Waals surface area contributed by atoms with Gasteiger partial charge in [-0.2, -0.15) is 0 Å². The number of hydrogen-bond acceptors (Lipinski definition) is 3. The molecule has 0 atom stereocenters. The Morgan fingerprint density at radius 3 is 2.17 bits per heavy atom. The molecular formula is C16H19ClFNO3S. The molecule has 1 rings (SSSR count). The summed E-state index contributed by atoms with van der Waals surface area (Å²) in [4.78, 5) is 11.7. The first-order valence-corrected chi connectivity index (χ1v) is 9.11. The third kappa shape index (κ3) is 7.25. The molecule has 7 heteroatoms. The van der Waals surface area contributed by atoms with Crippen LogP contribution in [0.5, 0.6) is 0 Å². The fourth-order valence-electron chi connectivity index (χ4n) is 1.40. The van der Waals surface area contributed by atoms with Gasteiger partial charge in [0.1, 0.15) is 5.82 Å². The van der Waals surface area contributed by atoms with Gasteiger partial charge in [-0.1, -0.05) is 26.5 Å². The van der Waals surface area contributed by atoms with Crippen molar-refractivity contribution in [2.24, 2.45) is 0 Å². The van der Waals surface area contributed by atoms with Crippen molar-refractivity contribution < 1.29 is 17.6 Å². The molecule has 1 amide bonds. The monoisotopic (exact) mass is 359 g/mol. The summed E-state index contributed by atoms with van der Waals surface area (Å²) in [6.45, 7) is 8.90. The van der Waals surface area contributed by atoms with Crippen LogP contribution in [0, 0.1) is 5.82 Å². The second-order valence-corrected chi connectivity index (χ2v) is 6.46. The van der Waals surface area contributed by atoms with Crippen LogP contribution >= 0.6 is 10.7 Å². The normalized spacial score (nSPS) is 12.0. The molecule has 0 heterocycles. The largest absolute Gasteiger partial charge is 0.322 e. The van der Waals surface area contributed by atoms with Gasteiger partial charge in [0.25, 0.3) is 15.0 Å². The molecule has 0 saturated carbocycles. The molecule has 0 fully saturated rings. The van der Waals surface area contributed by atoms with Crippen LogP contribution in [-0.4, -0.2) is 14.3 Å². The highest BCUT2D eigenvalue weighted by Gasteiger charge is 2.14. The zero-order chi connectivity index (χ0) is 18.0. The zero-order valence-corrected chi connectivity index (χ0v) is 14.7. The smallest absolute Gasteiger partial charge is 0.261 e. The summed E-state index contributed by atoms with van der Waals surface area (Å²) in [6, 6.07) is 5.16. The summed E-state index contributed by atoms with van der Waals surface area (Å²) < 4.78 is 35.3. The van der Waals surface area contributed by atoms with E-state index in [9.17, 15) is 17.6 Å². The van der Waals surface area contributed by atoms with Crippen molar-refractivity contribution in [1.29, 1.82) is 0 Å². The van der Waals surface area contributed by atoms with Crippen molar-refractivity contribution >= 4 is 31.3 Å². The van der Waals surface area contributed by atoms with Crippen molar-refractivity contribution in [2.45, 2.75) is 20.8 Å². The van der Waals surface area contributed by atoms with Gasteiger partial charge in [0.2, 0.25) is 0 Å². The van der Waals surface area contributed by atoms with Gasteiger partial charge in [-0.25, -0.2) is 12.8 Å². The molecule has 0 aliphatic rings. The first-order valence-electron chi connectivity index (χ1n) is 6.80. The van der Waals surface area contributed by atoms with E-state index in [1.807, 2.05) is 13.8 Å². The van der Waals surface area contributed by atoms with Crippen molar-refractivity contribution in [1.82, 2.24) is 0 Å². The van der Waals surface area contributed by atoms with Crippen LogP contribution in [0.4, 0.5) is 10.1 Å². The number of hydrogen-bond donors (Lipinski definition) is 1.